The number of methoxy groups -OCH3 is 1. The summed E-state index contributed by atoms with van der Waals surface area (Å²) in [6, 6.07) is 7.86. The van der Waals surface area contributed by atoms with Crippen LogP contribution in [0.25, 0.3) is 5.82 Å². The van der Waals surface area contributed by atoms with Crippen molar-refractivity contribution in [3.63, 3.8) is 0 Å². The number of fused-ring (bicyclic) bond motifs is 1. The summed E-state index contributed by atoms with van der Waals surface area (Å²) in [5, 5.41) is 6.58. The second kappa shape index (κ2) is 9.09. The highest BCUT2D eigenvalue weighted by molar-refractivity contribution is 6.30. The van der Waals surface area contributed by atoms with Crippen molar-refractivity contribution in [2.24, 2.45) is 0 Å². The van der Waals surface area contributed by atoms with Gasteiger partial charge in [-0.25, -0.2) is 15.4 Å². The third-order valence-electron chi connectivity index (χ3n) is 5.80. The molecule has 2 N–H and O–H groups in total. The number of benzene rings is 1. The van der Waals surface area contributed by atoms with Crippen molar-refractivity contribution < 1.29 is 9.47 Å². The highest BCUT2D eigenvalue weighted by Gasteiger charge is 2.39. The van der Waals surface area contributed by atoms with E-state index in [0.29, 0.717) is 6.61 Å². The number of nitrogens with one attached hydrogen (secondary N) is 2. The summed E-state index contributed by atoms with van der Waals surface area (Å²) in [7, 11) is 1.69. The first-order valence-electron chi connectivity index (χ1n) is 10.7. The van der Waals surface area contributed by atoms with Gasteiger partial charge in [0.05, 0.1) is 25.6 Å². The van der Waals surface area contributed by atoms with Crippen molar-refractivity contribution in [1.29, 1.82) is 0 Å². The Balaban J connectivity index is 1.33. The smallest absolute Gasteiger partial charge is 0.161 e. The fourth-order valence-electron chi connectivity index (χ4n) is 4.29. The molecule has 1 aromatic carbocycles. The molecule has 0 radical (unpaired) electrons. The van der Waals surface area contributed by atoms with Crippen molar-refractivity contribution in [3.8, 4) is 0 Å². The van der Waals surface area contributed by atoms with Gasteiger partial charge in [-0.15, -0.1) is 0 Å². The summed E-state index contributed by atoms with van der Waals surface area (Å²) in [6.45, 7) is 4.19. The molecule has 9 heteroatoms. The number of morpholine rings is 1. The van der Waals surface area contributed by atoms with Gasteiger partial charge in [0.2, 0.25) is 0 Å². The Morgan fingerprint density at radius 2 is 2.12 bits per heavy atom. The average molecular weight is 455 g/mol. The maximum absolute atomic E-state index is 6.10. The number of imidazole rings is 1. The number of halogens is 1. The molecule has 0 saturated carbocycles. The summed E-state index contributed by atoms with van der Waals surface area (Å²) in [4.78, 5) is 6.52. The Kier molecular flexibility index (Phi) is 6.03. The van der Waals surface area contributed by atoms with Crippen LogP contribution in [0.1, 0.15) is 17.4 Å². The lowest BCUT2D eigenvalue weighted by Crippen LogP contribution is -2.50. The third-order valence-corrected chi connectivity index (χ3v) is 6.06. The zero-order valence-electron chi connectivity index (χ0n) is 18.1. The molecular formula is C23H27ClN6O2. The topological polar surface area (TPSA) is 66.8 Å². The first kappa shape index (κ1) is 21.2. The Hall–Kier alpha value is -2.62. The van der Waals surface area contributed by atoms with Gasteiger partial charge in [-0.2, -0.15) is 0 Å². The van der Waals surface area contributed by atoms with Gasteiger partial charge in [0.1, 0.15) is 18.6 Å². The molecule has 2 saturated heterocycles. The average Bonchev–Trinajstić information content (AvgIpc) is 3.43. The number of hydrogen-bond acceptors (Lipinski definition) is 7. The van der Waals surface area contributed by atoms with Crippen LogP contribution in [0.4, 0.5) is 0 Å². The first-order valence-corrected chi connectivity index (χ1v) is 11.1. The lowest BCUT2D eigenvalue weighted by Gasteiger charge is -2.35. The van der Waals surface area contributed by atoms with Gasteiger partial charge < -0.3 is 14.4 Å². The standard InChI is InChI=1S/C23H27ClN6O2/c1-16-14-29(15-25-16)23-19(31-2)4-3-10-28(23)11-9-20-26-22-21(32-13-12-30(22)27-20)17-5-7-18(24)8-6-17/h3-9,11,14-15,20-22,26-27H,10,12-13H2,1-2H3. The van der Waals surface area contributed by atoms with Crippen LogP contribution in [0.3, 0.4) is 0 Å². The quantitative estimate of drug-likeness (QED) is 0.720. The largest absolute Gasteiger partial charge is 0.493 e. The van der Waals surface area contributed by atoms with Gasteiger partial charge in [0, 0.05) is 30.5 Å². The van der Waals surface area contributed by atoms with Crippen molar-refractivity contribution >= 4 is 17.4 Å². The van der Waals surface area contributed by atoms with Crippen LogP contribution in [-0.2, 0) is 9.47 Å². The fraction of sp³-hybridized carbons (Fsp3) is 0.348. The minimum absolute atomic E-state index is 0.0285. The number of rotatable bonds is 5. The van der Waals surface area contributed by atoms with E-state index in [1.165, 1.54) is 0 Å². The minimum atomic E-state index is -0.0747. The number of nitrogens with zero attached hydrogens (tertiary/aromatic N) is 4. The Labute approximate surface area is 192 Å². The minimum Gasteiger partial charge on any atom is -0.493 e. The lowest BCUT2D eigenvalue weighted by molar-refractivity contribution is -0.0769. The summed E-state index contributed by atoms with van der Waals surface area (Å²) in [5.41, 5.74) is 5.61. The molecule has 5 rings (SSSR count). The van der Waals surface area contributed by atoms with Gasteiger partial charge in [0.15, 0.2) is 11.6 Å². The number of aryl methyl sites for hydroxylation is 1. The highest BCUT2D eigenvalue weighted by Crippen LogP contribution is 2.30. The van der Waals surface area contributed by atoms with Gasteiger partial charge >= 0.3 is 0 Å². The van der Waals surface area contributed by atoms with Crippen molar-refractivity contribution in [2.45, 2.75) is 25.4 Å². The van der Waals surface area contributed by atoms with E-state index in [1.54, 1.807) is 7.11 Å². The second-order valence-electron chi connectivity index (χ2n) is 7.97. The van der Waals surface area contributed by atoms with Gasteiger partial charge in [-0.1, -0.05) is 29.8 Å². The Morgan fingerprint density at radius 3 is 2.88 bits per heavy atom. The molecule has 0 bridgehead atoms. The van der Waals surface area contributed by atoms with E-state index in [4.69, 9.17) is 21.1 Å². The van der Waals surface area contributed by atoms with E-state index >= 15 is 0 Å². The van der Waals surface area contributed by atoms with Gasteiger partial charge in [-0.05, 0) is 36.8 Å². The molecule has 3 aliphatic heterocycles. The predicted molar refractivity (Wildman–Crippen MR) is 123 cm³/mol. The monoisotopic (exact) mass is 454 g/mol. The van der Waals surface area contributed by atoms with Crippen LogP contribution in [-0.4, -0.2) is 58.6 Å². The summed E-state index contributed by atoms with van der Waals surface area (Å²) in [6.07, 6.45) is 12.0. The van der Waals surface area contributed by atoms with Gasteiger partial charge in [-0.3, -0.25) is 9.88 Å². The van der Waals surface area contributed by atoms with Crippen LogP contribution < -0.4 is 10.7 Å². The molecule has 8 nitrogen and oxygen atoms in total. The summed E-state index contributed by atoms with van der Waals surface area (Å²) in [5.74, 6) is 1.73. The third kappa shape index (κ3) is 4.20. The maximum atomic E-state index is 6.10. The molecular weight excluding hydrogens is 428 g/mol. The molecule has 0 aliphatic carbocycles. The number of allylic oxidation sites excluding steroid dienone is 1. The molecule has 4 heterocycles. The van der Waals surface area contributed by atoms with Crippen LogP contribution in [0.15, 0.2) is 67.0 Å². The van der Waals surface area contributed by atoms with E-state index in [0.717, 1.165) is 40.9 Å². The molecule has 3 unspecified atom stereocenters. The molecule has 3 atom stereocenters. The van der Waals surface area contributed by atoms with E-state index in [1.807, 2.05) is 54.4 Å². The number of hydrazine groups is 1. The van der Waals surface area contributed by atoms with Crippen LogP contribution in [0.5, 0.6) is 0 Å². The second-order valence-corrected chi connectivity index (χ2v) is 8.40. The lowest BCUT2D eigenvalue weighted by atomic mass is 10.1. The van der Waals surface area contributed by atoms with E-state index < -0.39 is 0 Å². The Morgan fingerprint density at radius 1 is 1.28 bits per heavy atom. The van der Waals surface area contributed by atoms with E-state index in [9.17, 15) is 0 Å². The highest BCUT2D eigenvalue weighted by atomic mass is 35.5. The summed E-state index contributed by atoms with van der Waals surface area (Å²) < 4.78 is 13.7. The fourth-order valence-corrected chi connectivity index (χ4v) is 4.42. The maximum Gasteiger partial charge on any atom is 0.161 e. The molecule has 2 aromatic rings. The van der Waals surface area contributed by atoms with Crippen molar-refractivity contribution in [1.82, 2.24) is 30.2 Å². The molecule has 32 heavy (non-hydrogen) atoms. The van der Waals surface area contributed by atoms with E-state index in [-0.39, 0.29) is 18.4 Å². The predicted octanol–water partition coefficient (Wildman–Crippen LogP) is 2.84. The van der Waals surface area contributed by atoms with Crippen LogP contribution in [0.2, 0.25) is 5.02 Å². The van der Waals surface area contributed by atoms with Crippen LogP contribution >= 0.6 is 11.6 Å². The first-order chi connectivity index (χ1) is 15.6. The number of ether oxygens (including phenoxy) is 2. The molecule has 0 spiro atoms. The molecule has 168 valence electrons. The van der Waals surface area contributed by atoms with Crippen LogP contribution in [0, 0.1) is 6.92 Å². The number of hydrogen-bond donors (Lipinski definition) is 2. The molecule has 1 aromatic heterocycles. The SMILES string of the molecule is COC1=C(n2cnc(C)c2)N(C=CC2NC3C(c4ccc(Cl)cc4)OCCN3N2)CC=C1. The van der Waals surface area contributed by atoms with E-state index in [2.05, 4.69) is 44.0 Å². The molecule has 0 amide bonds. The molecule has 2 fully saturated rings. The zero-order valence-corrected chi connectivity index (χ0v) is 18.9. The van der Waals surface area contributed by atoms with Crippen molar-refractivity contribution in [2.75, 3.05) is 26.8 Å². The van der Waals surface area contributed by atoms with Gasteiger partial charge in [0.25, 0.3) is 0 Å². The van der Waals surface area contributed by atoms with Crippen molar-refractivity contribution in [3.05, 3.63) is 83.3 Å². The molecule has 3 aliphatic rings. The Bertz CT molecular complexity index is 1050. The number of aromatic nitrogens is 2. The summed E-state index contributed by atoms with van der Waals surface area (Å²) >= 11 is 6.06. The normalized spacial score (nSPS) is 26.2. The zero-order chi connectivity index (χ0) is 22.1.